The number of furan rings is 1. The average molecular weight is 207 g/mol. The molecule has 2 heteroatoms. The Bertz CT molecular complexity index is 329. The molecular weight excluding hydrogens is 186 g/mol. The van der Waals surface area contributed by atoms with E-state index in [0.29, 0.717) is 11.8 Å². The van der Waals surface area contributed by atoms with Crippen molar-refractivity contribution in [2.24, 2.45) is 17.6 Å². The molecule has 1 aliphatic rings. The molecular formula is C13H21NO. The molecule has 1 fully saturated rings. The van der Waals surface area contributed by atoms with Crippen LogP contribution in [0.25, 0.3) is 0 Å². The highest BCUT2D eigenvalue weighted by atomic mass is 16.3. The fourth-order valence-electron chi connectivity index (χ4n) is 1.89. The van der Waals surface area contributed by atoms with E-state index in [2.05, 4.69) is 32.9 Å². The second kappa shape index (κ2) is 4.01. The smallest absolute Gasteiger partial charge is 0.107 e. The molecule has 84 valence electrons. The lowest BCUT2D eigenvalue weighted by Gasteiger charge is -2.13. The molecule has 3 atom stereocenters. The van der Waals surface area contributed by atoms with Crippen LogP contribution in [0, 0.1) is 11.8 Å². The lowest BCUT2D eigenvalue weighted by molar-refractivity contribution is 0.411. The van der Waals surface area contributed by atoms with Crippen molar-refractivity contribution in [3.63, 3.8) is 0 Å². The second-order valence-electron chi connectivity index (χ2n) is 5.24. The fraction of sp³-hybridized carbons (Fsp3) is 0.692. The second-order valence-corrected chi connectivity index (χ2v) is 5.24. The van der Waals surface area contributed by atoms with Gasteiger partial charge in [0.25, 0.3) is 0 Å². The Morgan fingerprint density at radius 2 is 2.13 bits per heavy atom. The van der Waals surface area contributed by atoms with E-state index in [1.165, 1.54) is 6.42 Å². The van der Waals surface area contributed by atoms with E-state index in [0.717, 1.165) is 23.9 Å². The lowest BCUT2D eigenvalue weighted by Crippen LogP contribution is -2.28. The molecule has 1 saturated carbocycles. The molecule has 15 heavy (non-hydrogen) atoms. The van der Waals surface area contributed by atoms with E-state index >= 15 is 0 Å². The molecule has 3 unspecified atom stereocenters. The Hall–Kier alpha value is -0.760. The van der Waals surface area contributed by atoms with Crippen molar-refractivity contribution in [3.8, 4) is 0 Å². The molecule has 0 saturated heterocycles. The molecule has 0 aliphatic heterocycles. The van der Waals surface area contributed by atoms with Crippen molar-refractivity contribution < 1.29 is 4.42 Å². The first-order valence-corrected chi connectivity index (χ1v) is 5.92. The third-order valence-electron chi connectivity index (χ3n) is 3.45. The minimum absolute atomic E-state index is 0.209. The first-order chi connectivity index (χ1) is 7.08. The Kier molecular flexibility index (Phi) is 2.87. The van der Waals surface area contributed by atoms with Gasteiger partial charge >= 0.3 is 0 Å². The Labute approximate surface area is 91.8 Å². The fourth-order valence-corrected chi connectivity index (χ4v) is 1.89. The standard InChI is InChI=1S/C13H21NO/c1-8(2)12(14)7-10-4-5-13(15-10)11-6-9(11)3/h4-5,8-9,11-12H,6-7,14H2,1-3H3. The highest BCUT2D eigenvalue weighted by Gasteiger charge is 2.36. The normalized spacial score (nSPS) is 27.0. The molecule has 1 aromatic heterocycles. The first-order valence-electron chi connectivity index (χ1n) is 5.92. The molecule has 0 radical (unpaired) electrons. The van der Waals surface area contributed by atoms with E-state index in [9.17, 15) is 0 Å². The van der Waals surface area contributed by atoms with Gasteiger partial charge in [0, 0.05) is 18.4 Å². The molecule has 1 heterocycles. The Balaban J connectivity index is 1.95. The van der Waals surface area contributed by atoms with Crippen LogP contribution in [0.1, 0.15) is 44.6 Å². The van der Waals surface area contributed by atoms with Gasteiger partial charge in [0.1, 0.15) is 11.5 Å². The van der Waals surface area contributed by atoms with Gasteiger partial charge in [-0.1, -0.05) is 20.8 Å². The molecule has 0 aromatic carbocycles. The number of hydrogen-bond acceptors (Lipinski definition) is 2. The summed E-state index contributed by atoms with van der Waals surface area (Å²) in [5.74, 6) is 4.20. The monoisotopic (exact) mass is 207 g/mol. The molecule has 0 amide bonds. The van der Waals surface area contributed by atoms with Crippen molar-refractivity contribution in [1.82, 2.24) is 0 Å². The summed E-state index contributed by atoms with van der Waals surface area (Å²) in [5, 5.41) is 0. The van der Waals surface area contributed by atoms with Gasteiger partial charge in [-0.25, -0.2) is 0 Å². The maximum Gasteiger partial charge on any atom is 0.107 e. The van der Waals surface area contributed by atoms with E-state index in [4.69, 9.17) is 10.2 Å². The summed E-state index contributed by atoms with van der Waals surface area (Å²) in [4.78, 5) is 0. The largest absolute Gasteiger partial charge is 0.466 e. The summed E-state index contributed by atoms with van der Waals surface area (Å²) in [7, 11) is 0. The third-order valence-corrected chi connectivity index (χ3v) is 3.45. The predicted molar refractivity (Wildman–Crippen MR) is 61.7 cm³/mol. The van der Waals surface area contributed by atoms with Crippen LogP contribution >= 0.6 is 0 Å². The first kappa shape index (κ1) is 10.7. The molecule has 1 aromatic rings. The maximum absolute atomic E-state index is 6.02. The summed E-state index contributed by atoms with van der Waals surface area (Å²) >= 11 is 0. The summed E-state index contributed by atoms with van der Waals surface area (Å²) in [5.41, 5.74) is 6.02. The van der Waals surface area contributed by atoms with Crippen LogP contribution in [0.2, 0.25) is 0 Å². The Morgan fingerprint density at radius 1 is 1.47 bits per heavy atom. The maximum atomic E-state index is 6.02. The molecule has 0 spiro atoms. The number of hydrogen-bond donors (Lipinski definition) is 1. The van der Waals surface area contributed by atoms with Crippen molar-refractivity contribution in [3.05, 3.63) is 23.7 Å². The minimum Gasteiger partial charge on any atom is -0.466 e. The van der Waals surface area contributed by atoms with Gasteiger partial charge in [0.05, 0.1) is 0 Å². The molecule has 2 rings (SSSR count). The van der Waals surface area contributed by atoms with Gasteiger partial charge in [0.2, 0.25) is 0 Å². The van der Waals surface area contributed by atoms with Gasteiger partial charge in [0.15, 0.2) is 0 Å². The third kappa shape index (κ3) is 2.43. The van der Waals surface area contributed by atoms with E-state index in [1.807, 2.05) is 0 Å². The van der Waals surface area contributed by atoms with Crippen LogP contribution in [-0.2, 0) is 6.42 Å². The van der Waals surface area contributed by atoms with E-state index < -0.39 is 0 Å². The van der Waals surface area contributed by atoms with E-state index in [1.54, 1.807) is 0 Å². The minimum atomic E-state index is 0.209. The van der Waals surface area contributed by atoms with Gasteiger partial charge < -0.3 is 10.2 Å². The zero-order valence-corrected chi connectivity index (χ0v) is 9.86. The molecule has 2 nitrogen and oxygen atoms in total. The quantitative estimate of drug-likeness (QED) is 0.824. The highest BCUT2D eigenvalue weighted by molar-refractivity contribution is 5.18. The van der Waals surface area contributed by atoms with Crippen LogP contribution in [0.15, 0.2) is 16.5 Å². The molecule has 0 bridgehead atoms. The molecule has 2 N–H and O–H groups in total. The topological polar surface area (TPSA) is 39.2 Å². The summed E-state index contributed by atoms with van der Waals surface area (Å²) in [6.07, 6.45) is 2.14. The highest BCUT2D eigenvalue weighted by Crippen LogP contribution is 2.47. The van der Waals surface area contributed by atoms with Crippen LogP contribution in [0.3, 0.4) is 0 Å². The van der Waals surface area contributed by atoms with Gasteiger partial charge in [-0.05, 0) is 30.4 Å². The summed E-state index contributed by atoms with van der Waals surface area (Å²) in [6, 6.07) is 4.42. The van der Waals surface area contributed by atoms with E-state index in [-0.39, 0.29) is 6.04 Å². The zero-order valence-electron chi connectivity index (χ0n) is 9.86. The van der Waals surface area contributed by atoms with Crippen LogP contribution in [0.5, 0.6) is 0 Å². The van der Waals surface area contributed by atoms with Crippen molar-refractivity contribution in [1.29, 1.82) is 0 Å². The summed E-state index contributed by atoms with van der Waals surface area (Å²) < 4.78 is 5.82. The SMILES string of the molecule is CC(C)C(N)Cc1ccc(C2CC2C)o1. The average Bonchev–Trinajstić information content (AvgIpc) is 2.73. The van der Waals surface area contributed by atoms with Crippen molar-refractivity contribution in [2.75, 3.05) is 0 Å². The van der Waals surface area contributed by atoms with Gasteiger partial charge in [-0.15, -0.1) is 0 Å². The number of nitrogens with two attached hydrogens (primary N) is 1. The van der Waals surface area contributed by atoms with Crippen molar-refractivity contribution >= 4 is 0 Å². The van der Waals surface area contributed by atoms with Crippen molar-refractivity contribution in [2.45, 2.75) is 45.6 Å². The molecule has 1 aliphatic carbocycles. The summed E-state index contributed by atoms with van der Waals surface area (Å²) in [6.45, 7) is 6.57. The van der Waals surface area contributed by atoms with Gasteiger partial charge in [-0.3, -0.25) is 0 Å². The zero-order chi connectivity index (χ0) is 11.0. The van der Waals surface area contributed by atoms with Crippen LogP contribution < -0.4 is 5.73 Å². The van der Waals surface area contributed by atoms with Crippen LogP contribution in [0.4, 0.5) is 0 Å². The predicted octanol–water partition coefficient (Wildman–Crippen LogP) is 2.93. The van der Waals surface area contributed by atoms with Crippen LogP contribution in [-0.4, -0.2) is 6.04 Å². The number of rotatable bonds is 4. The lowest BCUT2D eigenvalue weighted by atomic mass is 10.0. The Morgan fingerprint density at radius 3 is 2.67 bits per heavy atom. The van der Waals surface area contributed by atoms with Gasteiger partial charge in [-0.2, -0.15) is 0 Å².